The Hall–Kier alpha value is -1.43. The van der Waals surface area contributed by atoms with Crippen molar-refractivity contribution >= 4 is 17.7 Å². The van der Waals surface area contributed by atoms with Gasteiger partial charge in [-0.1, -0.05) is 48.5 Å². The van der Waals surface area contributed by atoms with E-state index >= 15 is 0 Å². The summed E-state index contributed by atoms with van der Waals surface area (Å²) < 4.78 is 0. The Morgan fingerprint density at radius 2 is 1.34 bits per heavy atom. The minimum absolute atomic E-state index is 0.0742. The number of nitrogens with one attached hydrogen (secondary N) is 2. The van der Waals surface area contributed by atoms with Crippen LogP contribution in [0, 0.1) is 16.2 Å². The van der Waals surface area contributed by atoms with Crippen molar-refractivity contribution in [2.24, 2.45) is 16.2 Å². The molecule has 0 aliphatic carbocycles. The van der Waals surface area contributed by atoms with Crippen LogP contribution in [0.25, 0.3) is 0 Å². The molecule has 0 heterocycles. The van der Waals surface area contributed by atoms with Crippen molar-refractivity contribution in [3.8, 4) is 0 Å². The van der Waals surface area contributed by atoms with Crippen molar-refractivity contribution in [2.75, 3.05) is 6.54 Å². The number of carbonyl (C=O) groups excluding carboxylic acids is 2. The number of ketones is 1. The summed E-state index contributed by atoms with van der Waals surface area (Å²) in [6, 6.07) is -0.591. The summed E-state index contributed by atoms with van der Waals surface area (Å²) in [5, 5.41) is 15.4. The molecule has 0 aliphatic rings. The third-order valence-corrected chi connectivity index (χ3v) is 4.90. The van der Waals surface area contributed by atoms with E-state index in [0.29, 0.717) is 32.2 Å². The number of Topliss-reactive ketones (excluding diaryl/α,β-unsaturated/α-hetero) is 1. The van der Waals surface area contributed by atoms with Gasteiger partial charge in [0, 0.05) is 28.3 Å². The van der Waals surface area contributed by atoms with Crippen molar-refractivity contribution in [3.05, 3.63) is 0 Å². The van der Waals surface area contributed by atoms with Gasteiger partial charge in [0.15, 0.2) is 0 Å². The molecule has 0 saturated heterocycles. The van der Waals surface area contributed by atoms with Crippen LogP contribution in [0.1, 0.15) is 94.9 Å². The van der Waals surface area contributed by atoms with Crippen molar-refractivity contribution in [1.82, 2.24) is 10.6 Å². The molecule has 29 heavy (non-hydrogen) atoms. The van der Waals surface area contributed by atoms with Gasteiger partial charge in [0.2, 0.25) is 5.91 Å². The second-order valence-electron chi connectivity index (χ2n) is 11.6. The molecule has 0 saturated carbocycles. The SMILES string of the molecule is CC(C)(C)NC(CCCCNC(=O)C(C)(C)CC(C)(C)C(=O)C(C)(C)C)C(=O)O. The van der Waals surface area contributed by atoms with Gasteiger partial charge in [-0.2, -0.15) is 0 Å². The van der Waals surface area contributed by atoms with Gasteiger partial charge in [-0.05, 0) is 46.5 Å². The van der Waals surface area contributed by atoms with E-state index in [1.165, 1.54) is 0 Å². The van der Waals surface area contributed by atoms with Gasteiger partial charge in [0.05, 0.1) is 0 Å². The first-order valence-corrected chi connectivity index (χ1v) is 10.6. The van der Waals surface area contributed by atoms with Gasteiger partial charge in [0.1, 0.15) is 11.8 Å². The number of amides is 1. The van der Waals surface area contributed by atoms with E-state index < -0.39 is 28.3 Å². The van der Waals surface area contributed by atoms with Crippen LogP contribution in [-0.2, 0) is 14.4 Å². The van der Waals surface area contributed by atoms with Gasteiger partial charge < -0.3 is 10.4 Å². The Morgan fingerprint density at radius 3 is 1.76 bits per heavy atom. The molecule has 6 heteroatoms. The maximum Gasteiger partial charge on any atom is 0.320 e. The van der Waals surface area contributed by atoms with Crippen LogP contribution in [0.5, 0.6) is 0 Å². The first-order chi connectivity index (χ1) is 12.8. The normalized spacial score (nSPS) is 14.4. The zero-order chi connectivity index (χ0) is 23.3. The number of hydrogen-bond acceptors (Lipinski definition) is 4. The van der Waals surface area contributed by atoms with Crippen molar-refractivity contribution in [1.29, 1.82) is 0 Å². The number of unbranched alkanes of at least 4 members (excludes halogenated alkanes) is 1. The minimum atomic E-state index is -0.851. The third kappa shape index (κ3) is 10.2. The van der Waals surface area contributed by atoms with Crippen LogP contribution < -0.4 is 10.6 Å². The number of hydrogen-bond donors (Lipinski definition) is 3. The van der Waals surface area contributed by atoms with Gasteiger partial charge in [-0.25, -0.2) is 0 Å². The lowest BCUT2D eigenvalue weighted by molar-refractivity contribution is -0.141. The van der Waals surface area contributed by atoms with Crippen LogP contribution in [0.3, 0.4) is 0 Å². The quantitative estimate of drug-likeness (QED) is 0.443. The molecular weight excluding hydrogens is 368 g/mol. The number of rotatable bonds is 11. The van der Waals surface area contributed by atoms with E-state index in [1.807, 2.05) is 69.2 Å². The van der Waals surface area contributed by atoms with Gasteiger partial charge >= 0.3 is 5.97 Å². The second-order valence-corrected chi connectivity index (χ2v) is 11.6. The summed E-state index contributed by atoms with van der Waals surface area (Å²) >= 11 is 0. The third-order valence-electron chi connectivity index (χ3n) is 4.90. The topological polar surface area (TPSA) is 95.5 Å². The number of carboxylic acid groups (broad SMARTS) is 1. The summed E-state index contributed by atoms with van der Waals surface area (Å²) in [4.78, 5) is 36.8. The summed E-state index contributed by atoms with van der Waals surface area (Å²) in [7, 11) is 0. The predicted molar refractivity (Wildman–Crippen MR) is 118 cm³/mol. The Bertz CT molecular complexity index is 581. The standard InChI is InChI=1S/C23H44N2O4/c1-20(2,3)18(28)22(7,8)15-23(9,10)19(29)24-14-12-11-13-16(17(26)27)25-21(4,5)6/h16,25H,11-15H2,1-10H3,(H,24,29)(H,26,27). The Labute approximate surface area is 177 Å². The highest BCUT2D eigenvalue weighted by Crippen LogP contribution is 2.39. The molecule has 0 aromatic rings. The van der Waals surface area contributed by atoms with Crippen LogP contribution in [0.2, 0.25) is 0 Å². The molecule has 0 aromatic heterocycles. The fourth-order valence-corrected chi connectivity index (χ4v) is 3.98. The fraction of sp³-hybridized carbons (Fsp3) is 0.870. The fourth-order valence-electron chi connectivity index (χ4n) is 3.98. The smallest absolute Gasteiger partial charge is 0.320 e. The highest BCUT2D eigenvalue weighted by Gasteiger charge is 2.42. The molecule has 1 amide bonds. The summed E-state index contributed by atoms with van der Waals surface area (Å²) in [5.74, 6) is -0.775. The van der Waals surface area contributed by atoms with Gasteiger partial charge in [-0.3, -0.25) is 19.7 Å². The van der Waals surface area contributed by atoms with Gasteiger partial charge in [-0.15, -0.1) is 0 Å². The Balaban J connectivity index is 4.59. The first-order valence-electron chi connectivity index (χ1n) is 10.6. The van der Waals surface area contributed by atoms with E-state index in [2.05, 4.69) is 10.6 Å². The Kier molecular flexibility index (Phi) is 9.56. The summed E-state index contributed by atoms with van der Waals surface area (Å²) in [6.45, 7) is 19.6. The number of carboxylic acids is 1. The molecule has 0 radical (unpaired) electrons. The molecule has 0 bridgehead atoms. The zero-order valence-corrected chi connectivity index (χ0v) is 20.3. The van der Waals surface area contributed by atoms with E-state index in [1.54, 1.807) is 0 Å². The highest BCUT2D eigenvalue weighted by molar-refractivity contribution is 5.90. The average Bonchev–Trinajstić information content (AvgIpc) is 2.49. The van der Waals surface area contributed by atoms with Crippen molar-refractivity contribution in [3.63, 3.8) is 0 Å². The largest absolute Gasteiger partial charge is 0.480 e. The van der Waals surface area contributed by atoms with E-state index in [-0.39, 0.29) is 17.2 Å². The van der Waals surface area contributed by atoms with E-state index in [4.69, 9.17) is 0 Å². The lowest BCUT2D eigenvalue weighted by atomic mass is 9.67. The minimum Gasteiger partial charge on any atom is -0.480 e. The number of aliphatic carboxylic acids is 1. The number of carbonyl (C=O) groups is 3. The molecule has 0 spiro atoms. The lowest BCUT2D eigenvalue weighted by Crippen LogP contribution is -2.47. The molecule has 0 aromatic carbocycles. The molecule has 6 nitrogen and oxygen atoms in total. The van der Waals surface area contributed by atoms with Gasteiger partial charge in [0.25, 0.3) is 0 Å². The van der Waals surface area contributed by atoms with E-state index in [9.17, 15) is 19.5 Å². The monoisotopic (exact) mass is 412 g/mol. The van der Waals surface area contributed by atoms with Crippen LogP contribution in [-0.4, -0.2) is 40.9 Å². The zero-order valence-electron chi connectivity index (χ0n) is 20.3. The second kappa shape index (κ2) is 10.1. The van der Waals surface area contributed by atoms with Crippen molar-refractivity contribution in [2.45, 2.75) is 107 Å². The predicted octanol–water partition coefficient (Wildman–Crippen LogP) is 4.17. The molecule has 3 N–H and O–H groups in total. The molecule has 0 rings (SSSR count). The molecule has 0 aliphatic heterocycles. The van der Waals surface area contributed by atoms with Crippen LogP contribution in [0.15, 0.2) is 0 Å². The summed E-state index contributed by atoms with van der Waals surface area (Å²) in [5.41, 5.74) is -1.97. The summed E-state index contributed by atoms with van der Waals surface area (Å²) in [6.07, 6.45) is 2.40. The van der Waals surface area contributed by atoms with Crippen LogP contribution >= 0.6 is 0 Å². The highest BCUT2D eigenvalue weighted by atomic mass is 16.4. The van der Waals surface area contributed by atoms with E-state index in [0.717, 1.165) is 0 Å². The maximum absolute atomic E-state index is 12.7. The maximum atomic E-state index is 12.7. The molecular formula is C23H44N2O4. The van der Waals surface area contributed by atoms with Crippen LogP contribution in [0.4, 0.5) is 0 Å². The first kappa shape index (κ1) is 27.6. The molecule has 1 atom stereocenters. The van der Waals surface area contributed by atoms with Crippen molar-refractivity contribution < 1.29 is 19.5 Å². The molecule has 1 unspecified atom stereocenters. The Morgan fingerprint density at radius 1 is 0.828 bits per heavy atom. The lowest BCUT2D eigenvalue weighted by Gasteiger charge is -2.36. The molecule has 170 valence electrons. The molecule has 0 fully saturated rings. The average molecular weight is 413 g/mol.